The van der Waals surface area contributed by atoms with Crippen LogP contribution in [-0.2, 0) is 16.0 Å². The molecule has 6 heteroatoms. The lowest BCUT2D eigenvalue weighted by Gasteiger charge is -2.26. The van der Waals surface area contributed by atoms with E-state index in [4.69, 9.17) is 5.11 Å². The molecular formula is C14H21N3O3. The van der Waals surface area contributed by atoms with E-state index >= 15 is 0 Å². The largest absolute Gasteiger partial charge is 0.481 e. The van der Waals surface area contributed by atoms with Crippen molar-refractivity contribution in [1.82, 2.24) is 15.3 Å². The van der Waals surface area contributed by atoms with Gasteiger partial charge in [-0.15, -0.1) is 0 Å². The number of carbonyl (C=O) groups is 2. The Kier molecular flexibility index (Phi) is 4.76. The molecule has 0 aliphatic heterocycles. The third kappa shape index (κ3) is 4.08. The van der Waals surface area contributed by atoms with Gasteiger partial charge in [0.1, 0.15) is 0 Å². The number of rotatable bonds is 7. The molecule has 0 unspecified atom stereocenters. The summed E-state index contributed by atoms with van der Waals surface area (Å²) in [5, 5.41) is 11.9. The second-order valence-corrected chi connectivity index (χ2v) is 5.63. The minimum Gasteiger partial charge on any atom is -0.481 e. The third-order valence-electron chi connectivity index (χ3n) is 4.00. The van der Waals surface area contributed by atoms with Crippen LogP contribution < -0.4 is 5.32 Å². The van der Waals surface area contributed by atoms with Crippen LogP contribution in [0.3, 0.4) is 0 Å². The first-order chi connectivity index (χ1) is 9.60. The molecule has 2 rings (SSSR count). The van der Waals surface area contributed by atoms with Gasteiger partial charge in [0.2, 0.25) is 5.91 Å². The lowest BCUT2D eigenvalue weighted by Crippen LogP contribution is -2.33. The Morgan fingerprint density at radius 3 is 2.70 bits per heavy atom. The number of aromatic amines is 1. The summed E-state index contributed by atoms with van der Waals surface area (Å²) in [6.45, 7) is 0.546. The Bertz CT molecular complexity index is 450. The highest BCUT2D eigenvalue weighted by atomic mass is 16.4. The number of H-pyrrole nitrogens is 1. The van der Waals surface area contributed by atoms with Crippen molar-refractivity contribution < 1.29 is 14.7 Å². The Morgan fingerprint density at radius 1 is 1.35 bits per heavy atom. The van der Waals surface area contributed by atoms with E-state index in [0.29, 0.717) is 19.4 Å². The number of hydrogen-bond donors (Lipinski definition) is 3. The van der Waals surface area contributed by atoms with Crippen LogP contribution in [0, 0.1) is 5.41 Å². The number of aromatic nitrogens is 2. The van der Waals surface area contributed by atoms with Crippen LogP contribution in [-0.4, -0.2) is 33.5 Å². The quantitative estimate of drug-likeness (QED) is 0.704. The van der Waals surface area contributed by atoms with E-state index in [1.807, 2.05) is 0 Å². The van der Waals surface area contributed by atoms with Crippen molar-refractivity contribution in [2.45, 2.75) is 44.9 Å². The van der Waals surface area contributed by atoms with Gasteiger partial charge >= 0.3 is 5.97 Å². The van der Waals surface area contributed by atoms with E-state index in [-0.39, 0.29) is 17.7 Å². The molecule has 6 nitrogen and oxygen atoms in total. The molecule has 1 aromatic heterocycles. The second-order valence-electron chi connectivity index (χ2n) is 5.63. The fraction of sp³-hybridized carbons (Fsp3) is 0.643. The number of amides is 1. The van der Waals surface area contributed by atoms with Crippen LogP contribution in [0.5, 0.6) is 0 Å². The van der Waals surface area contributed by atoms with Crippen molar-refractivity contribution >= 4 is 11.9 Å². The third-order valence-corrected chi connectivity index (χ3v) is 4.00. The molecular weight excluding hydrogens is 258 g/mol. The molecule has 1 saturated carbocycles. The fourth-order valence-corrected chi connectivity index (χ4v) is 3.02. The highest BCUT2D eigenvalue weighted by Gasteiger charge is 2.37. The Hall–Kier alpha value is -1.85. The van der Waals surface area contributed by atoms with Gasteiger partial charge in [0, 0.05) is 31.3 Å². The van der Waals surface area contributed by atoms with E-state index in [0.717, 1.165) is 31.4 Å². The number of imidazole rings is 1. The molecule has 1 amide bonds. The standard InChI is InChI=1S/C14H21N3O3/c18-12(16-6-3-11-9-15-10-17-11)7-14(8-13(19)20)4-1-2-5-14/h9-10H,1-8H2,(H,15,17)(H,16,18)(H,19,20). The Morgan fingerprint density at radius 2 is 2.10 bits per heavy atom. The zero-order chi connectivity index (χ0) is 14.4. The molecule has 1 aliphatic rings. The number of aliphatic carboxylic acids is 1. The number of carboxylic acid groups (broad SMARTS) is 1. The number of carbonyl (C=O) groups excluding carboxylic acids is 1. The first-order valence-corrected chi connectivity index (χ1v) is 7.05. The summed E-state index contributed by atoms with van der Waals surface area (Å²) in [6.07, 6.45) is 8.19. The Labute approximate surface area is 118 Å². The zero-order valence-electron chi connectivity index (χ0n) is 11.5. The number of nitrogens with zero attached hydrogens (tertiary/aromatic N) is 1. The second kappa shape index (κ2) is 6.54. The van der Waals surface area contributed by atoms with Crippen molar-refractivity contribution in [3.63, 3.8) is 0 Å². The van der Waals surface area contributed by atoms with Crippen molar-refractivity contribution in [2.24, 2.45) is 5.41 Å². The fourth-order valence-electron chi connectivity index (χ4n) is 3.02. The van der Waals surface area contributed by atoms with Gasteiger partial charge in [-0.2, -0.15) is 0 Å². The summed E-state index contributed by atoms with van der Waals surface area (Å²) in [4.78, 5) is 29.8. The van der Waals surface area contributed by atoms with Crippen LogP contribution in [0.15, 0.2) is 12.5 Å². The van der Waals surface area contributed by atoms with Crippen molar-refractivity contribution in [2.75, 3.05) is 6.54 Å². The van der Waals surface area contributed by atoms with E-state index in [1.165, 1.54) is 0 Å². The summed E-state index contributed by atoms with van der Waals surface area (Å²) >= 11 is 0. The topological polar surface area (TPSA) is 95.1 Å². The first kappa shape index (κ1) is 14.6. The summed E-state index contributed by atoms with van der Waals surface area (Å²) < 4.78 is 0. The van der Waals surface area contributed by atoms with Crippen LogP contribution >= 0.6 is 0 Å². The number of carboxylic acids is 1. The van der Waals surface area contributed by atoms with Gasteiger partial charge in [-0.05, 0) is 18.3 Å². The highest BCUT2D eigenvalue weighted by Crippen LogP contribution is 2.43. The highest BCUT2D eigenvalue weighted by molar-refractivity contribution is 5.78. The summed E-state index contributed by atoms with van der Waals surface area (Å²) in [5.41, 5.74) is 0.649. The first-order valence-electron chi connectivity index (χ1n) is 7.05. The predicted molar refractivity (Wildman–Crippen MR) is 73.1 cm³/mol. The minimum atomic E-state index is -0.808. The van der Waals surface area contributed by atoms with Gasteiger partial charge in [0.05, 0.1) is 12.7 Å². The summed E-state index contributed by atoms with van der Waals surface area (Å²) in [5.74, 6) is -0.857. The van der Waals surface area contributed by atoms with Gasteiger partial charge in [0.25, 0.3) is 0 Å². The molecule has 1 aliphatic carbocycles. The smallest absolute Gasteiger partial charge is 0.303 e. The van der Waals surface area contributed by atoms with Gasteiger partial charge in [-0.1, -0.05) is 12.8 Å². The number of nitrogens with one attached hydrogen (secondary N) is 2. The molecule has 0 aromatic carbocycles. The lowest BCUT2D eigenvalue weighted by atomic mass is 9.79. The average molecular weight is 279 g/mol. The summed E-state index contributed by atoms with van der Waals surface area (Å²) in [6, 6.07) is 0. The SMILES string of the molecule is O=C(O)CC1(CC(=O)NCCc2cnc[nH]2)CCCC1. The maximum atomic E-state index is 12.0. The van der Waals surface area contributed by atoms with Gasteiger partial charge < -0.3 is 15.4 Å². The maximum Gasteiger partial charge on any atom is 0.303 e. The normalized spacial score (nSPS) is 17.0. The molecule has 3 N–H and O–H groups in total. The van der Waals surface area contributed by atoms with Gasteiger partial charge in [0.15, 0.2) is 0 Å². The predicted octanol–water partition coefficient (Wildman–Crippen LogP) is 1.49. The lowest BCUT2D eigenvalue weighted by molar-refractivity contribution is -0.140. The molecule has 110 valence electrons. The monoisotopic (exact) mass is 279 g/mol. The van der Waals surface area contributed by atoms with E-state index in [1.54, 1.807) is 12.5 Å². The van der Waals surface area contributed by atoms with Crippen molar-refractivity contribution in [3.05, 3.63) is 18.2 Å². The van der Waals surface area contributed by atoms with Crippen LogP contribution in [0.2, 0.25) is 0 Å². The summed E-state index contributed by atoms with van der Waals surface area (Å²) in [7, 11) is 0. The van der Waals surface area contributed by atoms with Crippen LogP contribution in [0.1, 0.15) is 44.2 Å². The maximum absolute atomic E-state index is 12.0. The van der Waals surface area contributed by atoms with Gasteiger partial charge in [-0.25, -0.2) is 4.98 Å². The molecule has 1 aromatic rings. The van der Waals surface area contributed by atoms with Crippen molar-refractivity contribution in [3.8, 4) is 0 Å². The van der Waals surface area contributed by atoms with E-state index < -0.39 is 5.97 Å². The molecule has 1 fully saturated rings. The molecule has 20 heavy (non-hydrogen) atoms. The van der Waals surface area contributed by atoms with Crippen LogP contribution in [0.4, 0.5) is 0 Å². The molecule has 0 atom stereocenters. The van der Waals surface area contributed by atoms with Gasteiger partial charge in [-0.3, -0.25) is 9.59 Å². The number of hydrogen-bond acceptors (Lipinski definition) is 3. The van der Waals surface area contributed by atoms with Crippen molar-refractivity contribution in [1.29, 1.82) is 0 Å². The van der Waals surface area contributed by atoms with E-state index in [2.05, 4.69) is 15.3 Å². The zero-order valence-corrected chi connectivity index (χ0v) is 11.5. The average Bonchev–Trinajstić information content (AvgIpc) is 3.00. The molecule has 0 spiro atoms. The minimum absolute atomic E-state index is 0.0485. The van der Waals surface area contributed by atoms with Crippen LogP contribution in [0.25, 0.3) is 0 Å². The van der Waals surface area contributed by atoms with E-state index in [9.17, 15) is 9.59 Å². The Balaban J connectivity index is 1.78. The molecule has 0 radical (unpaired) electrons. The molecule has 0 bridgehead atoms. The molecule has 1 heterocycles. The molecule has 0 saturated heterocycles.